The number of ether oxygens (including phenoxy) is 1. The molecule has 3 aromatic rings. The van der Waals surface area contributed by atoms with Crippen molar-refractivity contribution in [1.29, 1.82) is 0 Å². The summed E-state index contributed by atoms with van der Waals surface area (Å²) in [6.07, 6.45) is 2.59. The molecule has 0 spiro atoms. The van der Waals surface area contributed by atoms with Crippen molar-refractivity contribution < 1.29 is 17.9 Å². The molecular formula is C25H28N2O4S2. The molecule has 0 heterocycles. The summed E-state index contributed by atoms with van der Waals surface area (Å²) in [5.41, 5.74) is 1.49. The number of nitrogens with one attached hydrogen (secondary N) is 1. The molecule has 0 aliphatic heterocycles. The van der Waals surface area contributed by atoms with E-state index in [1.54, 1.807) is 48.5 Å². The van der Waals surface area contributed by atoms with Gasteiger partial charge in [0.25, 0.3) is 10.0 Å². The van der Waals surface area contributed by atoms with E-state index in [1.807, 2.05) is 43.5 Å². The summed E-state index contributed by atoms with van der Waals surface area (Å²) in [5.74, 6) is 0.263. The average molecular weight is 485 g/mol. The molecule has 33 heavy (non-hydrogen) atoms. The van der Waals surface area contributed by atoms with Crippen LogP contribution in [0.3, 0.4) is 0 Å². The van der Waals surface area contributed by atoms with Crippen molar-refractivity contribution in [2.45, 2.75) is 23.1 Å². The maximum absolute atomic E-state index is 13.5. The number of sulfonamides is 1. The van der Waals surface area contributed by atoms with Gasteiger partial charge >= 0.3 is 0 Å². The minimum Gasteiger partial charge on any atom is -0.494 e. The largest absolute Gasteiger partial charge is 0.494 e. The monoisotopic (exact) mass is 484 g/mol. The van der Waals surface area contributed by atoms with Gasteiger partial charge in [-0.15, -0.1) is 11.8 Å². The highest BCUT2D eigenvalue weighted by Gasteiger charge is 2.27. The first kappa shape index (κ1) is 24.7. The fraction of sp³-hybridized carbons (Fsp3) is 0.240. The average Bonchev–Trinajstić information content (AvgIpc) is 2.84. The first-order valence-corrected chi connectivity index (χ1v) is 13.3. The molecule has 0 aliphatic rings. The van der Waals surface area contributed by atoms with Crippen LogP contribution >= 0.6 is 11.8 Å². The predicted octanol–water partition coefficient (Wildman–Crippen LogP) is 4.36. The van der Waals surface area contributed by atoms with Gasteiger partial charge < -0.3 is 10.1 Å². The standard InChI is InChI=1S/C25H28N2O4S2/c1-3-31-22-11-9-21(10-12-22)27(33(29,30)24-15-13-23(32-2)14-16-24)19-25(28)26-18-17-20-7-5-4-6-8-20/h4-16H,3,17-19H2,1-2H3,(H,26,28). The quantitative estimate of drug-likeness (QED) is 0.409. The Kier molecular flexibility index (Phi) is 8.79. The van der Waals surface area contributed by atoms with Crippen molar-refractivity contribution >= 4 is 33.4 Å². The van der Waals surface area contributed by atoms with E-state index in [4.69, 9.17) is 4.74 Å². The summed E-state index contributed by atoms with van der Waals surface area (Å²) in [5, 5.41) is 2.83. The lowest BCUT2D eigenvalue weighted by molar-refractivity contribution is -0.119. The Bertz CT molecular complexity index is 1130. The molecule has 0 fully saturated rings. The summed E-state index contributed by atoms with van der Waals surface area (Å²) >= 11 is 1.53. The highest BCUT2D eigenvalue weighted by atomic mass is 32.2. The highest BCUT2D eigenvalue weighted by molar-refractivity contribution is 7.98. The molecule has 8 heteroatoms. The van der Waals surface area contributed by atoms with Crippen molar-refractivity contribution in [2.75, 3.05) is 30.3 Å². The summed E-state index contributed by atoms with van der Waals surface area (Å²) in [4.78, 5) is 13.8. The second kappa shape index (κ2) is 11.8. The molecule has 3 aromatic carbocycles. The molecule has 1 N–H and O–H groups in total. The van der Waals surface area contributed by atoms with Crippen LogP contribution in [0.2, 0.25) is 0 Å². The molecule has 174 valence electrons. The fourth-order valence-corrected chi connectivity index (χ4v) is 5.07. The number of nitrogens with zero attached hydrogens (tertiary/aromatic N) is 1. The zero-order valence-corrected chi connectivity index (χ0v) is 20.4. The number of amides is 1. The minimum absolute atomic E-state index is 0.131. The lowest BCUT2D eigenvalue weighted by Gasteiger charge is -2.24. The summed E-state index contributed by atoms with van der Waals surface area (Å²) < 4.78 is 33.6. The first-order valence-electron chi connectivity index (χ1n) is 10.6. The highest BCUT2D eigenvalue weighted by Crippen LogP contribution is 2.27. The number of rotatable bonds is 11. The number of hydrogen-bond donors (Lipinski definition) is 1. The zero-order chi connectivity index (χ0) is 23.7. The van der Waals surface area contributed by atoms with E-state index in [-0.39, 0.29) is 17.3 Å². The number of carbonyl (C=O) groups is 1. The SMILES string of the molecule is CCOc1ccc(N(CC(=O)NCCc2ccccc2)S(=O)(=O)c2ccc(SC)cc2)cc1. The third-order valence-corrected chi connectivity index (χ3v) is 7.48. The van der Waals surface area contributed by atoms with Gasteiger partial charge in [-0.05, 0) is 73.7 Å². The number of hydrogen-bond acceptors (Lipinski definition) is 5. The van der Waals surface area contributed by atoms with Crippen LogP contribution in [0.25, 0.3) is 0 Å². The molecular weight excluding hydrogens is 456 g/mol. The van der Waals surface area contributed by atoms with Gasteiger partial charge in [-0.3, -0.25) is 9.10 Å². The van der Waals surface area contributed by atoms with Gasteiger partial charge in [-0.1, -0.05) is 30.3 Å². The van der Waals surface area contributed by atoms with Crippen LogP contribution in [0.15, 0.2) is 88.7 Å². The smallest absolute Gasteiger partial charge is 0.264 e. The second-order valence-electron chi connectivity index (χ2n) is 7.20. The molecule has 0 aliphatic carbocycles. The van der Waals surface area contributed by atoms with E-state index < -0.39 is 10.0 Å². The lowest BCUT2D eigenvalue weighted by atomic mass is 10.1. The molecule has 0 unspecified atom stereocenters. The van der Waals surface area contributed by atoms with E-state index in [0.29, 0.717) is 31.0 Å². The van der Waals surface area contributed by atoms with Crippen LogP contribution in [0, 0.1) is 0 Å². The number of anilines is 1. The maximum atomic E-state index is 13.5. The lowest BCUT2D eigenvalue weighted by Crippen LogP contribution is -2.41. The third kappa shape index (κ3) is 6.76. The van der Waals surface area contributed by atoms with E-state index >= 15 is 0 Å². The Hall–Kier alpha value is -2.97. The van der Waals surface area contributed by atoms with Gasteiger partial charge in [0.05, 0.1) is 17.2 Å². The third-order valence-electron chi connectivity index (χ3n) is 4.95. The van der Waals surface area contributed by atoms with E-state index in [0.717, 1.165) is 14.8 Å². The van der Waals surface area contributed by atoms with Crippen molar-refractivity contribution in [3.8, 4) is 5.75 Å². The van der Waals surface area contributed by atoms with Crippen LogP contribution in [0.4, 0.5) is 5.69 Å². The van der Waals surface area contributed by atoms with Crippen molar-refractivity contribution in [3.05, 3.63) is 84.4 Å². The minimum atomic E-state index is -3.95. The Labute approximate surface area is 200 Å². The van der Waals surface area contributed by atoms with Crippen molar-refractivity contribution in [3.63, 3.8) is 0 Å². The predicted molar refractivity (Wildman–Crippen MR) is 134 cm³/mol. The summed E-state index contributed by atoms with van der Waals surface area (Å²) in [6, 6.07) is 23.1. The molecule has 0 saturated carbocycles. The molecule has 0 radical (unpaired) electrons. The molecule has 0 atom stereocenters. The summed E-state index contributed by atoms with van der Waals surface area (Å²) in [6.45, 7) is 2.48. The first-order chi connectivity index (χ1) is 15.9. The molecule has 0 aromatic heterocycles. The van der Waals surface area contributed by atoms with Gasteiger partial charge in [0.15, 0.2) is 0 Å². The van der Waals surface area contributed by atoms with Gasteiger partial charge in [-0.25, -0.2) is 8.42 Å². The van der Waals surface area contributed by atoms with Gasteiger partial charge in [-0.2, -0.15) is 0 Å². The number of benzene rings is 3. The molecule has 6 nitrogen and oxygen atoms in total. The van der Waals surface area contributed by atoms with Crippen LogP contribution < -0.4 is 14.4 Å². The van der Waals surface area contributed by atoms with E-state index in [2.05, 4.69) is 5.32 Å². The molecule has 0 bridgehead atoms. The van der Waals surface area contributed by atoms with Gasteiger partial charge in [0, 0.05) is 11.4 Å². The Morgan fingerprint density at radius 1 is 0.970 bits per heavy atom. The fourth-order valence-electron chi connectivity index (χ4n) is 3.24. The Morgan fingerprint density at radius 3 is 2.24 bits per heavy atom. The number of thioether (sulfide) groups is 1. The zero-order valence-electron chi connectivity index (χ0n) is 18.7. The van der Waals surface area contributed by atoms with Gasteiger partial charge in [0.1, 0.15) is 12.3 Å². The second-order valence-corrected chi connectivity index (χ2v) is 9.94. The molecule has 0 saturated heterocycles. The molecule has 3 rings (SSSR count). The Morgan fingerprint density at radius 2 is 1.64 bits per heavy atom. The van der Waals surface area contributed by atoms with Crippen LogP contribution in [-0.2, 0) is 21.2 Å². The van der Waals surface area contributed by atoms with Crippen LogP contribution in [0.5, 0.6) is 5.75 Å². The summed E-state index contributed by atoms with van der Waals surface area (Å²) in [7, 11) is -3.95. The van der Waals surface area contributed by atoms with Crippen molar-refractivity contribution in [1.82, 2.24) is 5.32 Å². The van der Waals surface area contributed by atoms with E-state index in [9.17, 15) is 13.2 Å². The van der Waals surface area contributed by atoms with Crippen LogP contribution in [-0.4, -0.2) is 40.3 Å². The van der Waals surface area contributed by atoms with Crippen molar-refractivity contribution in [2.24, 2.45) is 0 Å². The topological polar surface area (TPSA) is 75.7 Å². The maximum Gasteiger partial charge on any atom is 0.264 e. The number of carbonyl (C=O) groups excluding carboxylic acids is 1. The normalized spacial score (nSPS) is 11.1. The van der Waals surface area contributed by atoms with Gasteiger partial charge in [0.2, 0.25) is 5.91 Å². The van der Waals surface area contributed by atoms with E-state index in [1.165, 1.54) is 11.8 Å². The molecule has 1 amide bonds. The van der Waals surface area contributed by atoms with Crippen LogP contribution in [0.1, 0.15) is 12.5 Å². The Balaban J connectivity index is 1.80.